The van der Waals surface area contributed by atoms with Crippen molar-refractivity contribution in [2.45, 2.75) is 0 Å². The van der Waals surface area contributed by atoms with Crippen molar-refractivity contribution >= 4 is 22.1 Å². The first kappa shape index (κ1) is 14.3. The number of hydrogen-bond donors (Lipinski definition) is 2. The summed E-state index contributed by atoms with van der Waals surface area (Å²) in [4.78, 5) is 11.9. The number of aromatic nitrogens is 4. The largest absolute Gasteiger partial charge is 0.350 e. The molecule has 0 fully saturated rings. The van der Waals surface area contributed by atoms with Gasteiger partial charge in [0.15, 0.2) is 5.65 Å². The van der Waals surface area contributed by atoms with Crippen molar-refractivity contribution in [1.82, 2.24) is 24.8 Å². The van der Waals surface area contributed by atoms with Gasteiger partial charge < -0.3 is 14.9 Å². The molecule has 0 unspecified atom stereocenters. The molecule has 112 valence electrons. The lowest BCUT2D eigenvalue weighted by atomic mass is 10.1. The van der Waals surface area contributed by atoms with Crippen LogP contribution in [0, 0.1) is 0 Å². The van der Waals surface area contributed by atoms with E-state index in [0.29, 0.717) is 0 Å². The molecule has 4 aromatic rings. The Morgan fingerprint density at radius 1 is 1.09 bits per heavy atom. The van der Waals surface area contributed by atoms with Gasteiger partial charge in [-0.05, 0) is 26.2 Å². The van der Waals surface area contributed by atoms with Crippen molar-refractivity contribution in [1.29, 1.82) is 0 Å². The second kappa shape index (κ2) is 5.99. The summed E-state index contributed by atoms with van der Waals surface area (Å²) >= 11 is 0. The molecule has 22 heavy (non-hydrogen) atoms. The quantitative estimate of drug-likeness (QED) is 0.567. The summed E-state index contributed by atoms with van der Waals surface area (Å²) < 4.78 is 2.14. The Balaban J connectivity index is 0.000000446. The van der Waals surface area contributed by atoms with E-state index in [1.807, 2.05) is 20.2 Å². The van der Waals surface area contributed by atoms with Crippen LogP contribution in [0.3, 0.4) is 0 Å². The highest BCUT2D eigenvalue weighted by Crippen LogP contribution is 2.30. The smallest absolute Gasteiger partial charge is 0.156 e. The normalized spacial score (nSPS) is 10.7. The lowest BCUT2D eigenvalue weighted by Crippen LogP contribution is -1.89. The molecule has 0 amide bonds. The molecular weight excluding hydrogens is 274 g/mol. The van der Waals surface area contributed by atoms with Crippen LogP contribution in [0.25, 0.3) is 33.3 Å². The first-order valence-corrected chi connectivity index (χ1v) is 7.17. The monoisotopic (exact) mass is 293 g/mol. The van der Waals surface area contributed by atoms with Gasteiger partial charge in [-0.3, -0.25) is 4.98 Å². The summed E-state index contributed by atoms with van der Waals surface area (Å²) in [6.45, 7) is 0. The number of aromatic amines is 1. The zero-order chi connectivity index (χ0) is 15.5. The third-order valence-corrected chi connectivity index (χ3v) is 3.45. The summed E-state index contributed by atoms with van der Waals surface area (Å²) in [5, 5.41) is 3.98. The first-order valence-electron chi connectivity index (χ1n) is 7.17. The maximum absolute atomic E-state index is 4.31. The molecule has 5 nitrogen and oxygen atoms in total. The molecule has 0 spiro atoms. The number of fused-ring (bicyclic) bond motifs is 2. The van der Waals surface area contributed by atoms with Crippen molar-refractivity contribution in [3.05, 3.63) is 48.9 Å². The zero-order valence-electron chi connectivity index (χ0n) is 13.0. The minimum absolute atomic E-state index is 0.824. The molecule has 3 heterocycles. The van der Waals surface area contributed by atoms with Crippen LogP contribution in [0.15, 0.2) is 48.9 Å². The first-order chi connectivity index (χ1) is 10.7. The van der Waals surface area contributed by atoms with Gasteiger partial charge in [-0.2, -0.15) is 0 Å². The van der Waals surface area contributed by atoms with E-state index in [9.17, 15) is 0 Å². The van der Waals surface area contributed by atoms with Gasteiger partial charge in [0.25, 0.3) is 0 Å². The summed E-state index contributed by atoms with van der Waals surface area (Å²) in [6.07, 6.45) is 5.55. The number of benzene rings is 1. The van der Waals surface area contributed by atoms with E-state index >= 15 is 0 Å². The van der Waals surface area contributed by atoms with Gasteiger partial charge in [-0.1, -0.05) is 18.2 Å². The zero-order valence-corrected chi connectivity index (χ0v) is 13.0. The molecule has 1 aromatic carbocycles. The lowest BCUT2D eigenvalue weighted by Gasteiger charge is -1.94. The second-order valence-corrected chi connectivity index (χ2v) is 5.14. The van der Waals surface area contributed by atoms with Gasteiger partial charge in [-0.15, -0.1) is 0 Å². The van der Waals surface area contributed by atoms with Crippen molar-refractivity contribution in [3.63, 3.8) is 0 Å². The van der Waals surface area contributed by atoms with Crippen molar-refractivity contribution < 1.29 is 0 Å². The van der Waals surface area contributed by atoms with Crippen LogP contribution < -0.4 is 5.32 Å². The van der Waals surface area contributed by atoms with E-state index in [1.165, 1.54) is 16.5 Å². The summed E-state index contributed by atoms with van der Waals surface area (Å²) in [7, 11) is 5.81. The van der Waals surface area contributed by atoms with Gasteiger partial charge in [0, 0.05) is 42.1 Å². The maximum Gasteiger partial charge on any atom is 0.156 e. The van der Waals surface area contributed by atoms with Crippen LogP contribution in [0.1, 0.15) is 0 Å². The standard InChI is InChI=1S/C15H12N4.C2H7N/c1-19-9-11(10-4-2-3-5-14(10)19)12-8-13-15(18-12)17-7-6-16-13;1-3-2/h2-9H,1H3,(H,17,18);3H,1-2H3. The molecule has 0 aliphatic heterocycles. The van der Waals surface area contributed by atoms with Crippen LogP contribution in [0.5, 0.6) is 0 Å². The fourth-order valence-electron chi connectivity index (χ4n) is 2.55. The van der Waals surface area contributed by atoms with E-state index in [2.05, 4.69) is 62.3 Å². The molecular formula is C17H19N5. The molecule has 3 aromatic heterocycles. The molecule has 0 aliphatic rings. The number of H-pyrrole nitrogens is 1. The van der Waals surface area contributed by atoms with E-state index in [4.69, 9.17) is 0 Å². The molecule has 0 radical (unpaired) electrons. The highest BCUT2D eigenvalue weighted by Gasteiger charge is 2.11. The van der Waals surface area contributed by atoms with Crippen molar-refractivity contribution in [2.24, 2.45) is 7.05 Å². The van der Waals surface area contributed by atoms with Gasteiger partial charge >= 0.3 is 0 Å². The van der Waals surface area contributed by atoms with Gasteiger partial charge in [0.05, 0.1) is 5.69 Å². The minimum Gasteiger partial charge on any atom is -0.350 e. The third kappa shape index (κ3) is 2.46. The average Bonchev–Trinajstić information content (AvgIpc) is 3.10. The van der Waals surface area contributed by atoms with Crippen LogP contribution in [0.4, 0.5) is 0 Å². The van der Waals surface area contributed by atoms with Gasteiger partial charge in [-0.25, -0.2) is 4.98 Å². The van der Waals surface area contributed by atoms with Crippen LogP contribution >= 0.6 is 0 Å². The van der Waals surface area contributed by atoms with Crippen LogP contribution in [-0.2, 0) is 7.05 Å². The molecule has 0 saturated carbocycles. The number of nitrogens with one attached hydrogen (secondary N) is 2. The van der Waals surface area contributed by atoms with E-state index < -0.39 is 0 Å². The minimum atomic E-state index is 0.824. The molecule has 5 heteroatoms. The Kier molecular flexibility index (Phi) is 3.89. The van der Waals surface area contributed by atoms with Gasteiger partial charge in [0.1, 0.15) is 5.52 Å². The average molecular weight is 293 g/mol. The Labute approximate surface area is 129 Å². The summed E-state index contributed by atoms with van der Waals surface area (Å²) in [6, 6.07) is 10.4. The lowest BCUT2D eigenvalue weighted by molar-refractivity contribution is 0.970. The van der Waals surface area contributed by atoms with E-state index in [-0.39, 0.29) is 0 Å². The third-order valence-electron chi connectivity index (χ3n) is 3.45. The number of hydrogen-bond acceptors (Lipinski definition) is 3. The van der Waals surface area contributed by atoms with E-state index in [0.717, 1.165) is 16.9 Å². The number of aryl methyl sites for hydroxylation is 1. The maximum atomic E-state index is 4.31. The van der Waals surface area contributed by atoms with Crippen molar-refractivity contribution in [2.75, 3.05) is 14.1 Å². The number of rotatable bonds is 1. The van der Waals surface area contributed by atoms with Crippen LogP contribution in [0.2, 0.25) is 0 Å². The number of nitrogens with zero attached hydrogens (tertiary/aromatic N) is 3. The molecule has 0 saturated heterocycles. The predicted molar refractivity (Wildman–Crippen MR) is 90.8 cm³/mol. The molecule has 4 rings (SSSR count). The Bertz CT molecular complexity index is 871. The molecule has 2 N–H and O–H groups in total. The summed E-state index contributed by atoms with van der Waals surface area (Å²) in [5.74, 6) is 0. The fraction of sp³-hybridized carbons (Fsp3) is 0.176. The highest BCUT2D eigenvalue weighted by atomic mass is 14.9. The molecule has 0 bridgehead atoms. The highest BCUT2D eigenvalue weighted by molar-refractivity contribution is 5.97. The van der Waals surface area contributed by atoms with Crippen molar-refractivity contribution in [3.8, 4) is 11.3 Å². The Morgan fingerprint density at radius 2 is 1.82 bits per heavy atom. The molecule has 0 atom stereocenters. The fourth-order valence-corrected chi connectivity index (χ4v) is 2.55. The van der Waals surface area contributed by atoms with Crippen LogP contribution in [-0.4, -0.2) is 33.6 Å². The second-order valence-electron chi connectivity index (χ2n) is 5.14. The summed E-state index contributed by atoms with van der Waals surface area (Å²) in [5.41, 5.74) is 5.17. The predicted octanol–water partition coefficient (Wildman–Crippen LogP) is 2.95. The number of para-hydroxylation sites is 1. The Morgan fingerprint density at radius 3 is 2.59 bits per heavy atom. The van der Waals surface area contributed by atoms with Gasteiger partial charge in [0.2, 0.25) is 0 Å². The topological polar surface area (TPSA) is 58.5 Å². The Hall–Kier alpha value is -2.66. The SMILES string of the molecule is CNC.Cn1cc(-c2cc3nccnc3[nH]2)c2ccccc21. The van der Waals surface area contributed by atoms with E-state index in [1.54, 1.807) is 12.4 Å². The molecule has 0 aliphatic carbocycles.